The van der Waals surface area contributed by atoms with Gasteiger partial charge in [0.05, 0.1) is 0 Å². The van der Waals surface area contributed by atoms with Crippen LogP contribution in [0.1, 0.15) is 6.92 Å². The highest BCUT2D eigenvalue weighted by Crippen LogP contribution is 2.31. The monoisotopic (exact) mass is 335 g/mol. The van der Waals surface area contributed by atoms with Crippen molar-refractivity contribution in [3.63, 3.8) is 0 Å². The van der Waals surface area contributed by atoms with Gasteiger partial charge in [-0.25, -0.2) is 4.79 Å². The van der Waals surface area contributed by atoms with Gasteiger partial charge in [-0.3, -0.25) is 4.79 Å². The molecule has 6 heteroatoms. The standard InChI is InChI=1S/C17H18ClNO4/c1-11(17(21)19(2)3)23-16(20)10-22-15-9-8-14(18)12-6-4-5-7-13(12)15/h4-9,11H,10H2,1-3H3/t11-/m0/s1. The summed E-state index contributed by atoms with van der Waals surface area (Å²) in [5.41, 5.74) is 0. The van der Waals surface area contributed by atoms with Gasteiger partial charge in [-0.15, -0.1) is 0 Å². The minimum atomic E-state index is -0.844. The molecule has 0 aliphatic carbocycles. The minimum absolute atomic E-state index is 0.281. The number of hydrogen-bond acceptors (Lipinski definition) is 4. The summed E-state index contributed by atoms with van der Waals surface area (Å²) in [5.74, 6) is -0.351. The summed E-state index contributed by atoms with van der Waals surface area (Å²) in [4.78, 5) is 24.8. The second-order valence-electron chi connectivity index (χ2n) is 5.24. The molecule has 1 amide bonds. The first-order valence-electron chi connectivity index (χ1n) is 7.11. The highest BCUT2D eigenvalue weighted by atomic mass is 35.5. The number of nitrogens with zero attached hydrogens (tertiary/aromatic N) is 1. The van der Waals surface area contributed by atoms with E-state index < -0.39 is 12.1 Å². The van der Waals surface area contributed by atoms with Crippen molar-refractivity contribution >= 4 is 34.2 Å². The van der Waals surface area contributed by atoms with Crippen LogP contribution in [0.2, 0.25) is 5.02 Å². The van der Waals surface area contributed by atoms with E-state index >= 15 is 0 Å². The first-order chi connectivity index (χ1) is 10.9. The van der Waals surface area contributed by atoms with Gasteiger partial charge in [0, 0.05) is 29.9 Å². The molecule has 0 aromatic heterocycles. The summed E-state index contributed by atoms with van der Waals surface area (Å²) in [5, 5.41) is 2.27. The molecule has 0 heterocycles. The van der Waals surface area contributed by atoms with Gasteiger partial charge in [-0.05, 0) is 19.1 Å². The fraction of sp³-hybridized carbons (Fsp3) is 0.294. The summed E-state index contributed by atoms with van der Waals surface area (Å²) in [6, 6.07) is 10.9. The lowest BCUT2D eigenvalue weighted by Gasteiger charge is -2.17. The topological polar surface area (TPSA) is 55.8 Å². The lowest BCUT2D eigenvalue weighted by atomic mass is 10.1. The zero-order valence-corrected chi connectivity index (χ0v) is 14.0. The van der Waals surface area contributed by atoms with Crippen molar-refractivity contribution in [1.29, 1.82) is 0 Å². The van der Waals surface area contributed by atoms with Crippen LogP contribution in [0.4, 0.5) is 0 Å². The van der Waals surface area contributed by atoms with Crippen molar-refractivity contribution in [3.05, 3.63) is 41.4 Å². The van der Waals surface area contributed by atoms with E-state index in [1.54, 1.807) is 26.2 Å². The van der Waals surface area contributed by atoms with Crippen LogP contribution in [0.3, 0.4) is 0 Å². The predicted octanol–water partition coefficient (Wildman–Crippen LogP) is 2.89. The second kappa shape index (κ2) is 7.33. The number of hydrogen-bond donors (Lipinski definition) is 0. The van der Waals surface area contributed by atoms with Gasteiger partial charge in [0.15, 0.2) is 12.7 Å². The van der Waals surface area contributed by atoms with Crippen molar-refractivity contribution in [1.82, 2.24) is 4.90 Å². The van der Waals surface area contributed by atoms with Gasteiger partial charge in [0.25, 0.3) is 5.91 Å². The van der Waals surface area contributed by atoms with Gasteiger partial charge in [0.2, 0.25) is 0 Å². The van der Waals surface area contributed by atoms with Crippen molar-refractivity contribution < 1.29 is 19.1 Å². The molecule has 0 bridgehead atoms. The van der Waals surface area contributed by atoms with Crippen LogP contribution in [0, 0.1) is 0 Å². The molecule has 0 spiro atoms. The van der Waals surface area contributed by atoms with Crippen LogP contribution < -0.4 is 4.74 Å². The molecule has 0 N–H and O–H groups in total. The molecule has 0 unspecified atom stereocenters. The number of ether oxygens (including phenoxy) is 2. The molecule has 0 aliphatic rings. The lowest BCUT2D eigenvalue weighted by molar-refractivity contribution is -0.159. The number of halogens is 1. The fourth-order valence-electron chi connectivity index (χ4n) is 2.14. The molecule has 1 atom stereocenters. The zero-order chi connectivity index (χ0) is 17.0. The summed E-state index contributed by atoms with van der Waals surface area (Å²) >= 11 is 6.14. The number of benzene rings is 2. The molecule has 5 nitrogen and oxygen atoms in total. The normalized spacial score (nSPS) is 11.8. The average molecular weight is 336 g/mol. The molecule has 0 saturated carbocycles. The Morgan fingerprint density at radius 3 is 2.43 bits per heavy atom. The Balaban J connectivity index is 2.03. The Bertz CT molecular complexity index is 730. The van der Waals surface area contributed by atoms with E-state index in [0.29, 0.717) is 10.8 Å². The molecular formula is C17H18ClNO4. The number of rotatable bonds is 5. The quantitative estimate of drug-likeness (QED) is 0.788. The van der Waals surface area contributed by atoms with Gasteiger partial charge >= 0.3 is 5.97 Å². The average Bonchev–Trinajstić information content (AvgIpc) is 2.53. The van der Waals surface area contributed by atoms with Gasteiger partial charge in [-0.2, -0.15) is 0 Å². The predicted molar refractivity (Wildman–Crippen MR) is 88.7 cm³/mol. The zero-order valence-electron chi connectivity index (χ0n) is 13.2. The molecular weight excluding hydrogens is 318 g/mol. The van der Waals surface area contributed by atoms with E-state index in [0.717, 1.165) is 10.8 Å². The van der Waals surface area contributed by atoms with E-state index in [2.05, 4.69) is 0 Å². The van der Waals surface area contributed by atoms with Crippen molar-refractivity contribution in [2.75, 3.05) is 20.7 Å². The fourth-order valence-corrected chi connectivity index (χ4v) is 2.37. The molecule has 0 radical (unpaired) electrons. The summed E-state index contributed by atoms with van der Waals surface area (Å²) in [6.45, 7) is 1.24. The maximum Gasteiger partial charge on any atom is 0.344 e. The Morgan fingerprint density at radius 2 is 1.78 bits per heavy atom. The van der Waals surface area contributed by atoms with E-state index in [9.17, 15) is 9.59 Å². The molecule has 2 aromatic rings. The van der Waals surface area contributed by atoms with Crippen molar-refractivity contribution in [2.45, 2.75) is 13.0 Å². The van der Waals surface area contributed by atoms with Gasteiger partial charge < -0.3 is 14.4 Å². The number of esters is 1. The van der Waals surface area contributed by atoms with E-state index in [1.165, 1.54) is 11.8 Å². The first kappa shape index (κ1) is 17.1. The molecule has 0 saturated heterocycles. The van der Waals surface area contributed by atoms with Crippen LogP contribution in [0.15, 0.2) is 36.4 Å². The molecule has 0 aliphatic heterocycles. The van der Waals surface area contributed by atoms with Crippen LogP contribution in [0.25, 0.3) is 10.8 Å². The molecule has 2 rings (SSSR count). The van der Waals surface area contributed by atoms with E-state index in [4.69, 9.17) is 21.1 Å². The first-order valence-corrected chi connectivity index (χ1v) is 7.48. The van der Waals surface area contributed by atoms with Crippen molar-refractivity contribution in [3.8, 4) is 5.75 Å². The second-order valence-corrected chi connectivity index (χ2v) is 5.65. The molecule has 122 valence electrons. The largest absolute Gasteiger partial charge is 0.481 e. The van der Waals surface area contributed by atoms with Gasteiger partial charge in [0.1, 0.15) is 5.75 Å². The number of amides is 1. The Kier molecular flexibility index (Phi) is 5.45. The number of carbonyl (C=O) groups excluding carboxylic acids is 2. The van der Waals surface area contributed by atoms with Crippen LogP contribution >= 0.6 is 11.6 Å². The number of likely N-dealkylation sites (N-methyl/N-ethyl adjacent to an activating group) is 1. The maximum absolute atomic E-state index is 11.8. The van der Waals surface area contributed by atoms with Gasteiger partial charge in [-0.1, -0.05) is 35.9 Å². The number of carbonyl (C=O) groups is 2. The van der Waals surface area contributed by atoms with Crippen LogP contribution in [0.5, 0.6) is 5.75 Å². The molecule has 23 heavy (non-hydrogen) atoms. The minimum Gasteiger partial charge on any atom is -0.481 e. The Morgan fingerprint density at radius 1 is 1.13 bits per heavy atom. The summed E-state index contributed by atoms with van der Waals surface area (Å²) in [7, 11) is 3.20. The smallest absolute Gasteiger partial charge is 0.344 e. The molecule has 2 aromatic carbocycles. The lowest BCUT2D eigenvalue weighted by Crippen LogP contribution is -2.35. The Labute approximate surface area is 139 Å². The highest BCUT2D eigenvalue weighted by molar-refractivity contribution is 6.35. The summed E-state index contributed by atoms with van der Waals surface area (Å²) in [6.07, 6.45) is -0.844. The third-order valence-corrected chi connectivity index (χ3v) is 3.60. The van der Waals surface area contributed by atoms with Crippen molar-refractivity contribution in [2.24, 2.45) is 0 Å². The SMILES string of the molecule is C[C@H](OC(=O)COc1ccc(Cl)c2ccccc12)C(=O)N(C)C. The van der Waals surface area contributed by atoms with Crippen LogP contribution in [-0.2, 0) is 14.3 Å². The maximum atomic E-state index is 11.8. The number of fused-ring (bicyclic) bond motifs is 1. The van der Waals surface area contributed by atoms with Crippen LogP contribution in [-0.4, -0.2) is 43.6 Å². The summed E-state index contributed by atoms with van der Waals surface area (Å²) < 4.78 is 10.6. The highest BCUT2D eigenvalue weighted by Gasteiger charge is 2.19. The Hall–Kier alpha value is -2.27. The van der Waals surface area contributed by atoms with E-state index in [-0.39, 0.29) is 12.5 Å². The van der Waals surface area contributed by atoms with E-state index in [1.807, 2.05) is 24.3 Å². The molecule has 0 fully saturated rings. The third kappa shape index (κ3) is 4.13. The third-order valence-electron chi connectivity index (χ3n) is 3.27.